The Labute approximate surface area is 142 Å². The molecule has 1 aromatic carbocycles. The summed E-state index contributed by atoms with van der Waals surface area (Å²) in [6.07, 6.45) is 0. The molecule has 108 valence electrons. The van der Waals surface area contributed by atoms with Crippen LogP contribution in [0.25, 0.3) is 10.4 Å². The fourth-order valence-electron chi connectivity index (χ4n) is 2.24. The zero-order valence-corrected chi connectivity index (χ0v) is 15.9. The summed E-state index contributed by atoms with van der Waals surface area (Å²) in [5.41, 5.74) is 1.25. The summed E-state index contributed by atoms with van der Waals surface area (Å²) in [4.78, 5) is 2.71. The van der Waals surface area contributed by atoms with E-state index in [2.05, 4.69) is 88.3 Å². The van der Waals surface area contributed by atoms with Gasteiger partial charge in [0.05, 0.1) is 0 Å². The molecule has 0 saturated heterocycles. The lowest BCUT2D eigenvalue weighted by Gasteiger charge is -2.20. The number of rotatable bonds is 5. The summed E-state index contributed by atoms with van der Waals surface area (Å²) >= 11 is 9.06. The average molecular weight is 417 g/mol. The van der Waals surface area contributed by atoms with Gasteiger partial charge in [0.2, 0.25) is 0 Å². The molecule has 1 aromatic heterocycles. The molecule has 0 radical (unpaired) electrons. The van der Waals surface area contributed by atoms with Crippen LogP contribution < -0.4 is 5.32 Å². The van der Waals surface area contributed by atoms with E-state index in [4.69, 9.17) is 0 Å². The zero-order chi connectivity index (χ0) is 14.7. The van der Waals surface area contributed by atoms with Gasteiger partial charge in [0.25, 0.3) is 0 Å². The van der Waals surface area contributed by atoms with Crippen LogP contribution in [0.5, 0.6) is 0 Å². The summed E-state index contributed by atoms with van der Waals surface area (Å²) < 4.78 is 2.25. The molecule has 1 heterocycles. The van der Waals surface area contributed by atoms with Crippen LogP contribution in [0.2, 0.25) is 0 Å². The van der Waals surface area contributed by atoms with E-state index in [0.717, 1.165) is 15.5 Å². The molecule has 0 aliphatic rings. The fourth-order valence-corrected chi connectivity index (χ4v) is 4.48. The van der Waals surface area contributed by atoms with Crippen LogP contribution in [0.15, 0.2) is 39.3 Å². The molecule has 1 nitrogen and oxygen atoms in total. The lowest BCUT2D eigenvalue weighted by molar-refractivity contribution is 0.428. The Hall–Kier alpha value is -0.160. The monoisotopic (exact) mass is 415 g/mol. The number of halogens is 2. The van der Waals surface area contributed by atoms with E-state index < -0.39 is 0 Å². The zero-order valence-electron chi connectivity index (χ0n) is 11.9. The van der Waals surface area contributed by atoms with Crippen LogP contribution in [0.3, 0.4) is 0 Å². The van der Waals surface area contributed by atoms with Crippen LogP contribution >= 0.6 is 43.2 Å². The second kappa shape index (κ2) is 7.21. The standard InChI is InChI=1S/C16H19Br2NS/c1-4-19-16(10(2)3)15-8-7-14(20-15)12-9-11(17)5-6-13(12)18/h5-10,16,19H,4H2,1-3H3. The predicted octanol–water partition coefficient (Wildman–Crippen LogP) is 6.25. The Kier molecular flexibility index (Phi) is 5.84. The number of hydrogen-bond donors (Lipinski definition) is 1. The highest BCUT2D eigenvalue weighted by Crippen LogP contribution is 2.38. The highest BCUT2D eigenvalue weighted by molar-refractivity contribution is 9.11. The maximum absolute atomic E-state index is 3.64. The van der Waals surface area contributed by atoms with E-state index in [1.165, 1.54) is 15.3 Å². The first-order valence-corrected chi connectivity index (χ1v) is 9.21. The number of thiophene rings is 1. The number of hydrogen-bond acceptors (Lipinski definition) is 2. The maximum Gasteiger partial charge on any atom is 0.0438 e. The molecule has 0 fully saturated rings. The molecule has 4 heteroatoms. The quantitative estimate of drug-likeness (QED) is 0.607. The highest BCUT2D eigenvalue weighted by Gasteiger charge is 2.17. The van der Waals surface area contributed by atoms with Gasteiger partial charge in [-0.1, -0.05) is 52.6 Å². The van der Waals surface area contributed by atoms with Gasteiger partial charge in [0.15, 0.2) is 0 Å². The molecule has 1 N–H and O–H groups in total. The van der Waals surface area contributed by atoms with Crippen molar-refractivity contribution in [3.05, 3.63) is 44.2 Å². The van der Waals surface area contributed by atoms with Crippen molar-refractivity contribution < 1.29 is 0 Å². The Morgan fingerprint density at radius 3 is 2.55 bits per heavy atom. The average Bonchev–Trinajstić information content (AvgIpc) is 2.87. The minimum Gasteiger partial charge on any atom is -0.309 e. The molecular formula is C16H19Br2NS. The number of nitrogens with one attached hydrogen (secondary N) is 1. The Morgan fingerprint density at radius 1 is 1.15 bits per heavy atom. The van der Waals surface area contributed by atoms with Crippen LogP contribution in [-0.4, -0.2) is 6.54 Å². The third-order valence-corrected chi connectivity index (χ3v) is 5.60. The van der Waals surface area contributed by atoms with E-state index in [1.807, 2.05) is 11.3 Å². The molecule has 20 heavy (non-hydrogen) atoms. The third-order valence-electron chi connectivity index (χ3n) is 3.22. The molecule has 0 amide bonds. The molecule has 2 rings (SSSR count). The van der Waals surface area contributed by atoms with E-state index in [-0.39, 0.29) is 0 Å². The van der Waals surface area contributed by atoms with E-state index in [0.29, 0.717) is 12.0 Å². The predicted molar refractivity (Wildman–Crippen MR) is 96.4 cm³/mol. The second-order valence-corrected chi connectivity index (χ2v) is 7.99. The summed E-state index contributed by atoms with van der Waals surface area (Å²) in [6.45, 7) is 7.69. The van der Waals surface area contributed by atoms with Crippen LogP contribution in [0, 0.1) is 5.92 Å². The van der Waals surface area contributed by atoms with Crippen LogP contribution in [0.1, 0.15) is 31.7 Å². The first kappa shape index (κ1) is 16.2. The molecule has 0 aliphatic heterocycles. The summed E-state index contributed by atoms with van der Waals surface area (Å²) in [5.74, 6) is 0.590. The Balaban J connectivity index is 2.34. The smallest absolute Gasteiger partial charge is 0.0438 e. The minimum atomic E-state index is 0.435. The minimum absolute atomic E-state index is 0.435. The Bertz CT molecular complexity index is 578. The molecule has 2 aromatic rings. The van der Waals surface area contributed by atoms with Gasteiger partial charge in [0, 0.05) is 30.3 Å². The lowest BCUT2D eigenvalue weighted by atomic mass is 10.0. The number of benzene rings is 1. The molecule has 0 saturated carbocycles. The molecule has 0 bridgehead atoms. The fraction of sp³-hybridized carbons (Fsp3) is 0.375. The van der Waals surface area contributed by atoms with Gasteiger partial charge in [-0.2, -0.15) is 0 Å². The van der Waals surface area contributed by atoms with E-state index >= 15 is 0 Å². The van der Waals surface area contributed by atoms with Crippen molar-refractivity contribution in [1.29, 1.82) is 0 Å². The van der Waals surface area contributed by atoms with Crippen molar-refractivity contribution in [3.8, 4) is 10.4 Å². The van der Waals surface area contributed by atoms with E-state index in [1.54, 1.807) is 0 Å². The van der Waals surface area contributed by atoms with Crippen molar-refractivity contribution >= 4 is 43.2 Å². The van der Waals surface area contributed by atoms with Crippen molar-refractivity contribution in [2.75, 3.05) is 6.54 Å². The van der Waals surface area contributed by atoms with Crippen molar-refractivity contribution in [1.82, 2.24) is 5.32 Å². The van der Waals surface area contributed by atoms with Gasteiger partial charge < -0.3 is 5.32 Å². The van der Waals surface area contributed by atoms with Gasteiger partial charge in [-0.05, 0) is 42.8 Å². The lowest BCUT2D eigenvalue weighted by Crippen LogP contribution is -2.24. The second-order valence-electron chi connectivity index (χ2n) is 5.11. The van der Waals surface area contributed by atoms with Crippen molar-refractivity contribution in [3.63, 3.8) is 0 Å². The third kappa shape index (κ3) is 3.73. The molecule has 0 spiro atoms. The molecule has 1 atom stereocenters. The van der Waals surface area contributed by atoms with Crippen molar-refractivity contribution in [2.24, 2.45) is 5.92 Å². The first-order valence-electron chi connectivity index (χ1n) is 6.81. The molecule has 1 unspecified atom stereocenters. The molecule has 0 aliphatic carbocycles. The Morgan fingerprint density at radius 2 is 1.90 bits per heavy atom. The summed E-state index contributed by atoms with van der Waals surface area (Å²) in [5, 5.41) is 3.58. The van der Waals surface area contributed by atoms with Gasteiger partial charge in [0.1, 0.15) is 0 Å². The topological polar surface area (TPSA) is 12.0 Å². The van der Waals surface area contributed by atoms with Gasteiger partial charge in [-0.3, -0.25) is 0 Å². The van der Waals surface area contributed by atoms with Crippen molar-refractivity contribution in [2.45, 2.75) is 26.8 Å². The summed E-state index contributed by atoms with van der Waals surface area (Å²) in [6, 6.07) is 11.2. The maximum atomic E-state index is 3.64. The van der Waals surface area contributed by atoms with E-state index in [9.17, 15) is 0 Å². The first-order chi connectivity index (χ1) is 9.52. The summed E-state index contributed by atoms with van der Waals surface area (Å²) in [7, 11) is 0. The van der Waals surface area contributed by atoms with Gasteiger partial charge in [-0.25, -0.2) is 0 Å². The highest BCUT2D eigenvalue weighted by atomic mass is 79.9. The largest absolute Gasteiger partial charge is 0.309 e. The van der Waals surface area contributed by atoms with Gasteiger partial charge >= 0.3 is 0 Å². The molecular weight excluding hydrogens is 398 g/mol. The van der Waals surface area contributed by atoms with Crippen LogP contribution in [-0.2, 0) is 0 Å². The van der Waals surface area contributed by atoms with Gasteiger partial charge in [-0.15, -0.1) is 11.3 Å². The van der Waals surface area contributed by atoms with Crippen LogP contribution in [0.4, 0.5) is 0 Å². The normalized spacial score (nSPS) is 12.9. The SMILES string of the molecule is CCNC(c1ccc(-c2cc(Br)ccc2Br)s1)C(C)C.